The van der Waals surface area contributed by atoms with E-state index < -0.39 is 12.0 Å². The van der Waals surface area contributed by atoms with E-state index in [1.165, 1.54) is 16.7 Å². The summed E-state index contributed by atoms with van der Waals surface area (Å²) in [7, 11) is 0. The molecule has 2 N–H and O–H groups in total. The molecule has 2 aliphatic heterocycles. The van der Waals surface area contributed by atoms with Crippen molar-refractivity contribution in [3.05, 3.63) is 0 Å². The van der Waals surface area contributed by atoms with Gasteiger partial charge in [-0.15, -0.1) is 11.8 Å². The van der Waals surface area contributed by atoms with E-state index in [0.717, 1.165) is 19.4 Å². The Labute approximate surface area is 105 Å². The molecule has 17 heavy (non-hydrogen) atoms. The number of hydrogen-bond donors (Lipinski definition) is 2. The molecule has 0 saturated carbocycles. The summed E-state index contributed by atoms with van der Waals surface area (Å²) >= 11 is 1.51. The minimum Gasteiger partial charge on any atom is -0.480 e. The van der Waals surface area contributed by atoms with Crippen molar-refractivity contribution >= 4 is 23.6 Å². The van der Waals surface area contributed by atoms with E-state index in [9.17, 15) is 9.59 Å². The summed E-state index contributed by atoms with van der Waals surface area (Å²) in [6.07, 6.45) is 2.12. The van der Waals surface area contributed by atoms with Gasteiger partial charge in [-0.25, -0.2) is 4.79 Å². The van der Waals surface area contributed by atoms with E-state index in [1.807, 2.05) is 6.92 Å². The third-order valence-corrected chi connectivity index (χ3v) is 4.50. The van der Waals surface area contributed by atoms with Gasteiger partial charge in [-0.05, 0) is 25.3 Å². The molecular weight excluding hydrogens is 240 g/mol. The van der Waals surface area contributed by atoms with Crippen LogP contribution in [0.25, 0.3) is 0 Å². The Hall–Kier alpha value is -0.750. The zero-order valence-electron chi connectivity index (χ0n) is 9.89. The van der Waals surface area contributed by atoms with E-state index in [-0.39, 0.29) is 17.9 Å². The second-order valence-corrected chi connectivity index (χ2v) is 5.71. The molecule has 0 aromatic rings. The highest BCUT2D eigenvalue weighted by atomic mass is 32.2. The number of rotatable bonds is 2. The fraction of sp³-hybridized carbons (Fsp3) is 0.818. The van der Waals surface area contributed by atoms with Crippen LogP contribution in [0.5, 0.6) is 0 Å². The lowest BCUT2D eigenvalue weighted by molar-refractivity contribution is -0.149. The smallest absolute Gasteiger partial charge is 0.327 e. The summed E-state index contributed by atoms with van der Waals surface area (Å²) in [6.45, 7) is 2.90. The predicted molar refractivity (Wildman–Crippen MR) is 65.8 cm³/mol. The van der Waals surface area contributed by atoms with E-state index in [0.29, 0.717) is 11.6 Å². The average molecular weight is 258 g/mol. The van der Waals surface area contributed by atoms with E-state index in [4.69, 9.17) is 5.11 Å². The number of nitrogens with one attached hydrogen (secondary N) is 1. The van der Waals surface area contributed by atoms with Crippen molar-refractivity contribution in [3.63, 3.8) is 0 Å². The fourth-order valence-electron chi connectivity index (χ4n) is 2.42. The number of piperidine rings is 1. The normalized spacial score (nSPS) is 33.7. The van der Waals surface area contributed by atoms with E-state index in [1.54, 1.807) is 0 Å². The molecule has 2 fully saturated rings. The zero-order valence-corrected chi connectivity index (χ0v) is 10.7. The van der Waals surface area contributed by atoms with Gasteiger partial charge < -0.3 is 15.3 Å². The third-order valence-electron chi connectivity index (χ3n) is 3.49. The van der Waals surface area contributed by atoms with Gasteiger partial charge in [-0.3, -0.25) is 4.79 Å². The lowest BCUT2D eigenvalue weighted by atomic mass is 9.91. The minimum absolute atomic E-state index is 0.0467. The first kappa shape index (κ1) is 12.7. The second-order valence-electron chi connectivity index (χ2n) is 4.71. The van der Waals surface area contributed by atoms with Gasteiger partial charge in [0.25, 0.3) is 0 Å². The van der Waals surface area contributed by atoms with Gasteiger partial charge >= 0.3 is 5.97 Å². The van der Waals surface area contributed by atoms with Crippen LogP contribution in [0.3, 0.4) is 0 Å². The van der Waals surface area contributed by atoms with E-state index in [2.05, 4.69) is 5.32 Å². The molecule has 3 atom stereocenters. The fourth-order valence-corrected chi connectivity index (χ4v) is 3.58. The zero-order chi connectivity index (χ0) is 12.4. The molecule has 5 nitrogen and oxygen atoms in total. The van der Waals surface area contributed by atoms with Crippen LogP contribution in [0.15, 0.2) is 0 Å². The molecule has 0 aromatic carbocycles. The molecule has 0 spiro atoms. The van der Waals surface area contributed by atoms with E-state index >= 15 is 0 Å². The van der Waals surface area contributed by atoms with Gasteiger partial charge in [0, 0.05) is 5.75 Å². The highest BCUT2D eigenvalue weighted by molar-refractivity contribution is 7.99. The Bertz CT molecular complexity index is 324. The van der Waals surface area contributed by atoms with Crippen LogP contribution in [0.2, 0.25) is 0 Å². The molecule has 2 aliphatic rings. The molecular formula is C11H18N2O3S. The predicted octanol–water partition coefficient (Wildman–Crippen LogP) is 0.361. The van der Waals surface area contributed by atoms with Crippen LogP contribution < -0.4 is 5.32 Å². The van der Waals surface area contributed by atoms with Crippen LogP contribution in [0, 0.1) is 5.92 Å². The molecule has 1 amide bonds. The molecule has 96 valence electrons. The number of carboxylic acid groups (broad SMARTS) is 1. The number of carbonyl (C=O) groups is 2. The number of thioether (sulfide) groups is 1. The maximum absolute atomic E-state index is 12.3. The first-order valence-electron chi connectivity index (χ1n) is 5.95. The molecule has 0 bridgehead atoms. The number of carboxylic acids is 1. The second kappa shape index (κ2) is 5.27. The van der Waals surface area contributed by atoms with Gasteiger partial charge in [-0.2, -0.15) is 0 Å². The summed E-state index contributed by atoms with van der Waals surface area (Å²) < 4.78 is 0. The quantitative estimate of drug-likeness (QED) is 0.748. The SMILES string of the molecule is CC1CCCNC1C(=O)N1CSCC1C(=O)O. The summed E-state index contributed by atoms with van der Waals surface area (Å²) in [5.41, 5.74) is 0. The Morgan fingerprint density at radius 1 is 1.47 bits per heavy atom. The summed E-state index contributed by atoms with van der Waals surface area (Å²) in [5, 5.41) is 12.3. The van der Waals surface area contributed by atoms with Crippen molar-refractivity contribution < 1.29 is 14.7 Å². The molecule has 6 heteroatoms. The number of hydrogen-bond acceptors (Lipinski definition) is 4. The molecule has 3 unspecified atom stereocenters. The number of amides is 1. The minimum atomic E-state index is -0.896. The first-order chi connectivity index (χ1) is 8.11. The standard InChI is InChI=1S/C11H18N2O3S/c1-7-3-2-4-12-9(7)10(14)13-6-17-5-8(13)11(15)16/h7-9,12H,2-6H2,1H3,(H,15,16). The molecule has 2 rings (SSSR count). The van der Waals surface area contributed by atoms with Gasteiger partial charge in [0.05, 0.1) is 11.9 Å². The molecule has 2 heterocycles. The van der Waals surface area contributed by atoms with Crippen molar-refractivity contribution in [2.45, 2.75) is 31.8 Å². The Kier molecular flexibility index (Phi) is 3.93. The molecule has 0 aliphatic carbocycles. The van der Waals surface area contributed by atoms with Crippen LogP contribution in [-0.4, -0.2) is 52.1 Å². The van der Waals surface area contributed by atoms with Gasteiger partial charge in [0.2, 0.25) is 5.91 Å². The Morgan fingerprint density at radius 3 is 2.88 bits per heavy atom. The number of carbonyl (C=O) groups excluding carboxylic acids is 1. The first-order valence-corrected chi connectivity index (χ1v) is 7.11. The van der Waals surface area contributed by atoms with Crippen molar-refractivity contribution in [1.29, 1.82) is 0 Å². The topological polar surface area (TPSA) is 69.6 Å². The van der Waals surface area contributed by atoms with Crippen molar-refractivity contribution in [2.75, 3.05) is 18.2 Å². The Morgan fingerprint density at radius 2 is 2.24 bits per heavy atom. The van der Waals surface area contributed by atoms with Gasteiger partial charge in [-0.1, -0.05) is 6.92 Å². The van der Waals surface area contributed by atoms with Crippen LogP contribution >= 0.6 is 11.8 Å². The molecule has 0 radical (unpaired) electrons. The van der Waals surface area contributed by atoms with Crippen LogP contribution in [0.4, 0.5) is 0 Å². The third kappa shape index (κ3) is 2.57. The summed E-state index contributed by atoms with van der Waals surface area (Å²) in [4.78, 5) is 24.9. The number of nitrogens with zero attached hydrogens (tertiary/aromatic N) is 1. The van der Waals surface area contributed by atoms with Crippen molar-refractivity contribution in [3.8, 4) is 0 Å². The van der Waals surface area contributed by atoms with Crippen LogP contribution in [0.1, 0.15) is 19.8 Å². The number of aliphatic carboxylic acids is 1. The van der Waals surface area contributed by atoms with Crippen molar-refractivity contribution in [1.82, 2.24) is 10.2 Å². The largest absolute Gasteiger partial charge is 0.480 e. The lowest BCUT2D eigenvalue weighted by Crippen LogP contribution is -2.54. The highest BCUT2D eigenvalue weighted by Gasteiger charge is 2.39. The monoisotopic (exact) mass is 258 g/mol. The summed E-state index contributed by atoms with van der Waals surface area (Å²) in [6, 6.07) is -0.854. The van der Waals surface area contributed by atoms with Gasteiger partial charge in [0.1, 0.15) is 6.04 Å². The maximum atomic E-state index is 12.3. The molecule has 0 aromatic heterocycles. The lowest BCUT2D eigenvalue weighted by Gasteiger charge is -2.33. The summed E-state index contributed by atoms with van der Waals surface area (Å²) in [5.74, 6) is 0.348. The maximum Gasteiger partial charge on any atom is 0.327 e. The molecule has 2 saturated heterocycles. The highest BCUT2D eigenvalue weighted by Crippen LogP contribution is 2.25. The van der Waals surface area contributed by atoms with Crippen molar-refractivity contribution in [2.24, 2.45) is 5.92 Å². The Balaban J connectivity index is 2.05. The van der Waals surface area contributed by atoms with Crippen LogP contribution in [-0.2, 0) is 9.59 Å². The average Bonchev–Trinajstić information content (AvgIpc) is 2.77. The van der Waals surface area contributed by atoms with Gasteiger partial charge in [0.15, 0.2) is 0 Å².